The molecule has 0 spiro atoms. The van der Waals surface area contributed by atoms with Crippen LogP contribution in [0.2, 0.25) is 10.0 Å². The summed E-state index contributed by atoms with van der Waals surface area (Å²) in [5.41, 5.74) is 5.50. The SMILES string of the molecule is Nc1cc(C(=O)Nc2cc(F)ccc2F)cc(Cl)c1Cl. The molecule has 7 heteroatoms. The molecule has 0 aliphatic heterocycles. The zero-order valence-electron chi connectivity index (χ0n) is 9.88. The quantitative estimate of drug-likeness (QED) is 0.819. The highest BCUT2D eigenvalue weighted by molar-refractivity contribution is 6.44. The summed E-state index contributed by atoms with van der Waals surface area (Å²) in [4.78, 5) is 11.9. The van der Waals surface area contributed by atoms with Crippen molar-refractivity contribution >= 4 is 40.5 Å². The second-order valence-corrected chi connectivity index (χ2v) is 4.72. The van der Waals surface area contributed by atoms with Gasteiger partial charge in [-0.2, -0.15) is 0 Å². The molecule has 2 rings (SSSR count). The summed E-state index contributed by atoms with van der Waals surface area (Å²) < 4.78 is 26.4. The van der Waals surface area contributed by atoms with Crippen molar-refractivity contribution < 1.29 is 13.6 Å². The Bertz CT molecular complexity index is 669. The normalized spacial score (nSPS) is 10.4. The maximum absolute atomic E-state index is 13.4. The van der Waals surface area contributed by atoms with Gasteiger partial charge in [0.05, 0.1) is 21.4 Å². The Morgan fingerprint density at radius 2 is 1.85 bits per heavy atom. The fourth-order valence-corrected chi connectivity index (χ4v) is 1.86. The molecule has 0 unspecified atom stereocenters. The number of nitrogen functional groups attached to an aromatic ring is 1. The number of nitrogens with two attached hydrogens (primary N) is 1. The highest BCUT2D eigenvalue weighted by atomic mass is 35.5. The van der Waals surface area contributed by atoms with Gasteiger partial charge in [0.2, 0.25) is 0 Å². The molecule has 3 N–H and O–H groups in total. The van der Waals surface area contributed by atoms with E-state index in [0.29, 0.717) is 0 Å². The number of hydrogen-bond donors (Lipinski definition) is 2. The number of halogens is 4. The molecule has 0 bridgehead atoms. The second kappa shape index (κ2) is 5.64. The Morgan fingerprint density at radius 3 is 2.50 bits per heavy atom. The van der Waals surface area contributed by atoms with Crippen LogP contribution in [0, 0.1) is 11.6 Å². The van der Waals surface area contributed by atoms with Gasteiger partial charge in [-0.15, -0.1) is 0 Å². The summed E-state index contributed by atoms with van der Waals surface area (Å²) in [7, 11) is 0. The third kappa shape index (κ3) is 3.00. The molecule has 2 aromatic rings. The number of hydrogen-bond acceptors (Lipinski definition) is 2. The van der Waals surface area contributed by atoms with Gasteiger partial charge >= 0.3 is 0 Å². The molecule has 0 fully saturated rings. The fraction of sp³-hybridized carbons (Fsp3) is 0. The summed E-state index contributed by atoms with van der Waals surface area (Å²) in [5.74, 6) is -2.11. The van der Waals surface area contributed by atoms with Crippen molar-refractivity contribution in [3.8, 4) is 0 Å². The van der Waals surface area contributed by atoms with E-state index in [9.17, 15) is 13.6 Å². The van der Waals surface area contributed by atoms with E-state index in [1.807, 2.05) is 0 Å². The van der Waals surface area contributed by atoms with Crippen molar-refractivity contribution in [2.75, 3.05) is 11.1 Å². The van der Waals surface area contributed by atoms with Gasteiger partial charge in [-0.05, 0) is 24.3 Å². The molecule has 0 saturated carbocycles. The number of nitrogens with one attached hydrogen (secondary N) is 1. The van der Waals surface area contributed by atoms with E-state index >= 15 is 0 Å². The van der Waals surface area contributed by atoms with Crippen LogP contribution in [-0.2, 0) is 0 Å². The molecular formula is C13H8Cl2F2N2O. The molecule has 0 heterocycles. The Morgan fingerprint density at radius 1 is 1.15 bits per heavy atom. The van der Waals surface area contributed by atoms with Gasteiger partial charge < -0.3 is 11.1 Å². The molecule has 2 aromatic carbocycles. The van der Waals surface area contributed by atoms with Crippen LogP contribution in [0.5, 0.6) is 0 Å². The Kier molecular flexibility index (Phi) is 4.11. The van der Waals surface area contributed by atoms with Crippen LogP contribution in [-0.4, -0.2) is 5.91 Å². The molecule has 20 heavy (non-hydrogen) atoms. The van der Waals surface area contributed by atoms with E-state index in [2.05, 4.69) is 5.32 Å². The van der Waals surface area contributed by atoms with Crippen LogP contribution < -0.4 is 11.1 Å². The van der Waals surface area contributed by atoms with Gasteiger partial charge in [-0.3, -0.25) is 4.79 Å². The third-order valence-corrected chi connectivity index (χ3v) is 3.31. The van der Waals surface area contributed by atoms with Gasteiger partial charge in [0.15, 0.2) is 0 Å². The number of carbonyl (C=O) groups is 1. The van der Waals surface area contributed by atoms with Crippen LogP contribution in [0.25, 0.3) is 0 Å². The number of amides is 1. The molecule has 0 radical (unpaired) electrons. The van der Waals surface area contributed by atoms with E-state index in [-0.39, 0.29) is 27.0 Å². The number of anilines is 2. The van der Waals surface area contributed by atoms with Crippen molar-refractivity contribution in [3.63, 3.8) is 0 Å². The van der Waals surface area contributed by atoms with E-state index in [0.717, 1.165) is 18.2 Å². The Balaban J connectivity index is 2.31. The molecule has 104 valence electrons. The van der Waals surface area contributed by atoms with Crippen LogP contribution in [0.3, 0.4) is 0 Å². The van der Waals surface area contributed by atoms with E-state index < -0.39 is 17.5 Å². The van der Waals surface area contributed by atoms with Gasteiger partial charge in [0, 0.05) is 11.6 Å². The maximum atomic E-state index is 13.4. The van der Waals surface area contributed by atoms with E-state index in [1.165, 1.54) is 12.1 Å². The van der Waals surface area contributed by atoms with Gasteiger partial charge in [0.1, 0.15) is 11.6 Å². The smallest absolute Gasteiger partial charge is 0.255 e. The summed E-state index contributed by atoms with van der Waals surface area (Å²) in [6, 6.07) is 5.30. The van der Waals surface area contributed by atoms with Crippen molar-refractivity contribution in [3.05, 3.63) is 57.6 Å². The first-order chi connectivity index (χ1) is 9.38. The van der Waals surface area contributed by atoms with Crippen LogP contribution in [0.15, 0.2) is 30.3 Å². The minimum absolute atomic E-state index is 0.0839. The minimum Gasteiger partial charge on any atom is -0.397 e. The predicted molar refractivity (Wildman–Crippen MR) is 75.2 cm³/mol. The molecule has 0 aromatic heterocycles. The second-order valence-electron chi connectivity index (χ2n) is 3.94. The minimum atomic E-state index is -0.757. The summed E-state index contributed by atoms with van der Waals surface area (Å²) in [6.45, 7) is 0. The van der Waals surface area contributed by atoms with Gasteiger partial charge in [-0.1, -0.05) is 23.2 Å². The lowest BCUT2D eigenvalue weighted by molar-refractivity contribution is 0.102. The molecule has 0 aliphatic carbocycles. The molecule has 0 aliphatic rings. The largest absolute Gasteiger partial charge is 0.397 e. The number of benzene rings is 2. The zero-order valence-corrected chi connectivity index (χ0v) is 11.4. The van der Waals surface area contributed by atoms with Crippen LogP contribution in [0.4, 0.5) is 20.2 Å². The first-order valence-electron chi connectivity index (χ1n) is 5.39. The lowest BCUT2D eigenvalue weighted by Gasteiger charge is -2.08. The topological polar surface area (TPSA) is 55.1 Å². The Labute approximate surface area is 123 Å². The fourth-order valence-electron chi connectivity index (χ4n) is 1.53. The molecule has 0 atom stereocenters. The zero-order chi connectivity index (χ0) is 14.9. The van der Waals surface area contributed by atoms with Crippen LogP contribution in [0.1, 0.15) is 10.4 Å². The lowest BCUT2D eigenvalue weighted by atomic mass is 10.2. The molecule has 0 saturated heterocycles. The summed E-state index contributed by atoms with van der Waals surface area (Å²) >= 11 is 11.6. The molecule has 3 nitrogen and oxygen atoms in total. The van der Waals surface area contributed by atoms with Gasteiger partial charge in [0.25, 0.3) is 5.91 Å². The molecular weight excluding hydrogens is 309 g/mol. The average molecular weight is 317 g/mol. The summed E-state index contributed by atoms with van der Waals surface area (Å²) in [5, 5.41) is 2.45. The highest BCUT2D eigenvalue weighted by Gasteiger charge is 2.13. The first-order valence-corrected chi connectivity index (χ1v) is 6.15. The Hall–Kier alpha value is -1.85. The predicted octanol–water partition coefficient (Wildman–Crippen LogP) is 4.11. The highest BCUT2D eigenvalue weighted by Crippen LogP contribution is 2.29. The monoisotopic (exact) mass is 316 g/mol. The average Bonchev–Trinajstić information content (AvgIpc) is 2.39. The van der Waals surface area contributed by atoms with Crippen molar-refractivity contribution in [2.24, 2.45) is 0 Å². The maximum Gasteiger partial charge on any atom is 0.255 e. The number of rotatable bonds is 2. The van der Waals surface area contributed by atoms with Crippen molar-refractivity contribution in [1.29, 1.82) is 0 Å². The van der Waals surface area contributed by atoms with Gasteiger partial charge in [-0.25, -0.2) is 8.78 Å². The van der Waals surface area contributed by atoms with E-state index in [4.69, 9.17) is 28.9 Å². The standard InChI is InChI=1S/C13H8Cl2F2N2O/c14-8-3-6(4-10(18)12(8)15)13(20)19-11-5-7(16)1-2-9(11)17/h1-5H,18H2,(H,19,20). The first kappa shape index (κ1) is 14.6. The van der Waals surface area contributed by atoms with Crippen LogP contribution >= 0.6 is 23.2 Å². The summed E-state index contributed by atoms with van der Waals surface area (Å²) in [6.07, 6.45) is 0. The third-order valence-electron chi connectivity index (χ3n) is 2.50. The van der Waals surface area contributed by atoms with E-state index in [1.54, 1.807) is 0 Å². The number of carbonyl (C=O) groups excluding carboxylic acids is 1. The lowest BCUT2D eigenvalue weighted by Crippen LogP contribution is -2.13. The van der Waals surface area contributed by atoms with Crippen molar-refractivity contribution in [1.82, 2.24) is 0 Å². The molecule has 1 amide bonds. The van der Waals surface area contributed by atoms with Crippen molar-refractivity contribution in [2.45, 2.75) is 0 Å².